The van der Waals surface area contributed by atoms with E-state index in [1.54, 1.807) is 30.3 Å². The maximum absolute atomic E-state index is 13.2. The fourth-order valence-corrected chi connectivity index (χ4v) is 4.43. The van der Waals surface area contributed by atoms with Crippen molar-refractivity contribution < 1.29 is 23.1 Å². The minimum absolute atomic E-state index is 0.224. The third-order valence-corrected chi connectivity index (χ3v) is 5.46. The van der Waals surface area contributed by atoms with Crippen molar-refractivity contribution in [3.05, 3.63) is 59.0 Å². The van der Waals surface area contributed by atoms with Crippen LogP contribution in [0.5, 0.6) is 0 Å². The van der Waals surface area contributed by atoms with Crippen LogP contribution in [0, 0.1) is 0 Å². The van der Waals surface area contributed by atoms with Gasteiger partial charge in [-0.05, 0) is 17.0 Å². The highest BCUT2D eigenvalue weighted by molar-refractivity contribution is 8.19. The quantitative estimate of drug-likeness (QED) is 0.836. The van der Waals surface area contributed by atoms with Gasteiger partial charge < -0.3 is 5.11 Å². The molecule has 1 N–H and O–H groups in total. The van der Waals surface area contributed by atoms with Gasteiger partial charge in [0.25, 0.3) is 0 Å². The molecule has 1 aromatic rings. The van der Waals surface area contributed by atoms with Crippen LogP contribution in [-0.4, -0.2) is 22.5 Å². The summed E-state index contributed by atoms with van der Waals surface area (Å²) in [6.45, 7) is 0. The summed E-state index contributed by atoms with van der Waals surface area (Å²) in [6.07, 6.45) is -2.08. The first-order valence-electron chi connectivity index (χ1n) is 5.87. The van der Waals surface area contributed by atoms with E-state index in [1.807, 2.05) is 0 Å². The zero-order valence-corrected chi connectivity index (χ0v) is 11.2. The van der Waals surface area contributed by atoms with Gasteiger partial charge in [-0.3, -0.25) is 0 Å². The molecule has 0 radical (unpaired) electrons. The number of aliphatic carboxylic acids is 1. The van der Waals surface area contributed by atoms with E-state index in [1.165, 1.54) is 11.5 Å². The number of hydrogen-bond donors (Lipinski definition) is 2. The van der Waals surface area contributed by atoms with Crippen LogP contribution < -0.4 is 0 Å². The van der Waals surface area contributed by atoms with Gasteiger partial charge in [-0.25, -0.2) is 15.7 Å². The molecular formula is C14H13F3O2S. The number of halogens is 3. The molecule has 2 nitrogen and oxygen atoms in total. The molecule has 108 valence electrons. The monoisotopic (exact) mass is 302 g/mol. The van der Waals surface area contributed by atoms with Crippen molar-refractivity contribution in [2.45, 2.75) is 17.2 Å². The largest absolute Gasteiger partial charge is 0.478 e. The van der Waals surface area contributed by atoms with Crippen molar-refractivity contribution in [2.75, 3.05) is 0 Å². The molecule has 1 aliphatic rings. The maximum Gasteiger partial charge on any atom is 0.403 e. The average molecular weight is 302 g/mol. The van der Waals surface area contributed by atoms with Crippen LogP contribution in [0.3, 0.4) is 0 Å². The van der Waals surface area contributed by atoms with Crippen molar-refractivity contribution in [2.24, 2.45) is 0 Å². The van der Waals surface area contributed by atoms with Crippen LogP contribution in [0.4, 0.5) is 13.2 Å². The SMILES string of the molecule is O=C(O)C1=CC=C[SH](Cc2ccccc2)C1C(F)(F)F. The summed E-state index contributed by atoms with van der Waals surface area (Å²) in [4.78, 5) is 11.0. The molecule has 0 amide bonds. The molecule has 0 aliphatic carbocycles. The minimum atomic E-state index is -4.55. The van der Waals surface area contributed by atoms with Gasteiger partial charge in [0.05, 0.1) is 5.57 Å². The van der Waals surface area contributed by atoms with Crippen molar-refractivity contribution in [1.29, 1.82) is 0 Å². The van der Waals surface area contributed by atoms with Gasteiger partial charge >= 0.3 is 12.1 Å². The van der Waals surface area contributed by atoms with Crippen molar-refractivity contribution in [1.82, 2.24) is 0 Å². The van der Waals surface area contributed by atoms with Gasteiger partial charge in [-0.15, -0.1) is 0 Å². The first kappa shape index (κ1) is 14.7. The summed E-state index contributed by atoms with van der Waals surface area (Å²) in [5.74, 6) is -1.28. The Balaban J connectivity index is 2.30. The Morgan fingerprint density at radius 2 is 1.90 bits per heavy atom. The lowest BCUT2D eigenvalue weighted by atomic mass is 10.1. The van der Waals surface area contributed by atoms with E-state index >= 15 is 0 Å². The fourth-order valence-electron chi connectivity index (χ4n) is 2.10. The molecule has 0 bridgehead atoms. The predicted octanol–water partition coefficient (Wildman–Crippen LogP) is 3.66. The smallest absolute Gasteiger partial charge is 0.403 e. The molecule has 2 atom stereocenters. The molecule has 20 heavy (non-hydrogen) atoms. The second-order valence-corrected chi connectivity index (χ2v) is 6.53. The van der Waals surface area contributed by atoms with E-state index < -0.39 is 33.9 Å². The molecule has 2 unspecified atom stereocenters. The third kappa shape index (κ3) is 3.25. The van der Waals surface area contributed by atoms with Gasteiger partial charge in [-0.2, -0.15) is 13.2 Å². The van der Waals surface area contributed by atoms with Crippen molar-refractivity contribution in [3.63, 3.8) is 0 Å². The number of allylic oxidation sites excluding steroid dienone is 2. The standard InChI is InChI=1S/C14H13F3O2S/c15-14(16,17)12-11(13(18)19)7-4-8-20(12)9-10-5-2-1-3-6-10/h1-8,12,20H,9H2,(H,18,19). The number of benzene rings is 1. The number of carboxylic acids is 1. The molecule has 0 saturated carbocycles. The first-order chi connectivity index (χ1) is 9.39. The normalized spacial score (nSPS) is 24.2. The predicted molar refractivity (Wildman–Crippen MR) is 73.8 cm³/mol. The molecule has 1 heterocycles. The van der Waals surface area contributed by atoms with E-state index in [9.17, 15) is 18.0 Å². The summed E-state index contributed by atoms with van der Waals surface area (Å²) in [7, 11) is -1.63. The highest BCUT2D eigenvalue weighted by Gasteiger charge is 2.47. The maximum atomic E-state index is 13.2. The molecular weight excluding hydrogens is 289 g/mol. The zero-order chi connectivity index (χ0) is 14.8. The van der Waals surface area contributed by atoms with Crippen molar-refractivity contribution >= 4 is 16.9 Å². The first-order valence-corrected chi connectivity index (χ1v) is 7.54. The number of hydrogen-bond acceptors (Lipinski definition) is 1. The summed E-state index contributed by atoms with van der Waals surface area (Å²) >= 11 is 0. The molecule has 0 aromatic heterocycles. The summed E-state index contributed by atoms with van der Waals surface area (Å²) < 4.78 is 39.5. The molecule has 2 rings (SSSR count). The van der Waals surface area contributed by atoms with Crippen LogP contribution in [0.25, 0.3) is 0 Å². The third-order valence-electron chi connectivity index (χ3n) is 2.94. The lowest BCUT2D eigenvalue weighted by Crippen LogP contribution is -2.34. The molecule has 0 spiro atoms. The minimum Gasteiger partial charge on any atom is -0.478 e. The van der Waals surface area contributed by atoms with Crippen LogP contribution in [0.15, 0.2) is 53.5 Å². The van der Waals surface area contributed by atoms with E-state index in [-0.39, 0.29) is 5.75 Å². The Hall–Kier alpha value is -1.69. The Labute approximate surface area is 117 Å². The lowest BCUT2D eigenvalue weighted by molar-refractivity contribution is -0.140. The van der Waals surface area contributed by atoms with Gasteiger partial charge in [-0.1, -0.05) is 36.4 Å². The topological polar surface area (TPSA) is 37.3 Å². The highest BCUT2D eigenvalue weighted by atomic mass is 32.2. The molecule has 6 heteroatoms. The van der Waals surface area contributed by atoms with E-state index in [0.29, 0.717) is 0 Å². The second kappa shape index (κ2) is 5.75. The lowest BCUT2D eigenvalue weighted by Gasteiger charge is -2.32. The van der Waals surface area contributed by atoms with E-state index in [2.05, 4.69) is 0 Å². The average Bonchev–Trinajstić information content (AvgIpc) is 2.38. The van der Waals surface area contributed by atoms with Crippen LogP contribution in [-0.2, 0) is 10.5 Å². The van der Waals surface area contributed by atoms with E-state index in [4.69, 9.17) is 5.11 Å². The van der Waals surface area contributed by atoms with Gasteiger partial charge in [0, 0.05) is 5.75 Å². The highest BCUT2D eigenvalue weighted by Crippen LogP contribution is 2.50. The Morgan fingerprint density at radius 3 is 2.45 bits per heavy atom. The van der Waals surface area contributed by atoms with Crippen LogP contribution >= 0.6 is 10.9 Å². The van der Waals surface area contributed by atoms with Gasteiger partial charge in [0.15, 0.2) is 0 Å². The number of carboxylic acid groups (broad SMARTS) is 1. The molecule has 0 saturated heterocycles. The Bertz CT molecular complexity index is 549. The number of carbonyl (C=O) groups is 1. The van der Waals surface area contributed by atoms with Crippen LogP contribution in [0.1, 0.15) is 5.56 Å². The molecule has 1 aliphatic heterocycles. The Kier molecular flexibility index (Phi) is 4.23. The Morgan fingerprint density at radius 1 is 1.25 bits per heavy atom. The summed E-state index contributed by atoms with van der Waals surface area (Å²) in [5.41, 5.74) is 0.214. The van der Waals surface area contributed by atoms with Crippen LogP contribution in [0.2, 0.25) is 0 Å². The zero-order valence-electron chi connectivity index (χ0n) is 10.3. The summed E-state index contributed by atoms with van der Waals surface area (Å²) in [6, 6.07) is 8.81. The molecule has 0 fully saturated rings. The van der Waals surface area contributed by atoms with E-state index in [0.717, 1.165) is 11.6 Å². The molecule has 1 aromatic carbocycles. The van der Waals surface area contributed by atoms with Gasteiger partial charge in [0.1, 0.15) is 5.25 Å². The summed E-state index contributed by atoms with van der Waals surface area (Å²) in [5, 5.41) is 8.55. The number of rotatable bonds is 3. The van der Waals surface area contributed by atoms with Crippen molar-refractivity contribution in [3.8, 4) is 0 Å². The fraction of sp³-hybridized carbons (Fsp3) is 0.214. The number of alkyl halides is 3. The van der Waals surface area contributed by atoms with Gasteiger partial charge in [0.2, 0.25) is 0 Å². The number of thiol groups is 1. The second-order valence-electron chi connectivity index (χ2n) is 4.37.